The first-order chi connectivity index (χ1) is 8.20. The monoisotopic (exact) mass is 288 g/mol. The van der Waals surface area contributed by atoms with Crippen LogP contribution in [0.25, 0.3) is 0 Å². The quantitative estimate of drug-likeness (QED) is 0.624. The van der Waals surface area contributed by atoms with Gasteiger partial charge in [0.15, 0.2) is 0 Å². The molecule has 0 aromatic rings. The van der Waals surface area contributed by atoms with Crippen molar-refractivity contribution in [3.05, 3.63) is 0 Å². The molecule has 0 aromatic carbocycles. The number of halogens is 2. The Hall–Kier alpha value is -0.270. The Bertz CT molecular complexity index is 317. The van der Waals surface area contributed by atoms with Crippen LogP contribution in [-0.2, 0) is 14.6 Å². The Morgan fingerprint density at radius 3 is 2.39 bits per heavy atom. The Kier molecular flexibility index (Phi) is 7.89. The minimum atomic E-state index is -4.46. The number of aliphatic hydroxyl groups is 1. The molecule has 0 bridgehead atoms. The number of hydrogen-bond acceptors (Lipinski definition) is 4. The molecule has 0 fully saturated rings. The second kappa shape index (κ2) is 8.01. The Labute approximate surface area is 107 Å². The molecule has 0 rings (SSSR count). The number of alkyl halides is 2. The molecule has 0 saturated heterocycles. The zero-order chi connectivity index (χ0) is 14.2. The lowest BCUT2D eigenvalue weighted by Gasteiger charge is -2.16. The zero-order valence-electron chi connectivity index (χ0n) is 10.9. The second-order valence-corrected chi connectivity index (χ2v) is 6.57. The van der Waals surface area contributed by atoms with Crippen LogP contribution in [-0.4, -0.2) is 44.4 Å². The molecular formula is C11H22F2O4S. The van der Waals surface area contributed by atoms with Gasteiger partial charge in [0.1, 0.15) is 6.61 Å². The first-order valence-corrected chi connectivity index (χ1v) is 7.93. The summed E-state index contributed by atoms with van der Waals surface area (Å²) < 4.78 is 51.8. The lowest BCUT2D eigenvalue weighted by Crippen LogP contribution is -2.34. The molecule has 0 aliphatic rings. The third kappa shape index (κ3) is 7.23. The summed E-state index contributed by atoms with van der Waals surface area (Å²) in [6, 6.07) is 0. The number of sulfone groups is 1. The smallest absolute Gasteiger partial charge is 0.367 e. The minimum Gasteiger partial charge on any atom is -0.391 e. The van der Waals surface area contributed by atoms with Crippen LogP contribution in [0.3, 0.4) is 0 Å². The SMILES string of the molecule is CCCCCCC(O)COCC(F)(F)S(C)(=O)=O. The summed E-state index contributed by atoms with van der Waals surface area (Å²) in [5.74, 6) is 0. The molecule has 0 radical (unpaired) electrons. The predicted molar refractivity (Wildman–Crippen MR) is 65.4 cm³/mol. The van der Waals surface area contributed by atoms with Gasteiger partial charge < -0.3 is 9.84 Å². The van der Waals surface area contributed by atoms with E-state index in [1.807, 2.05) is 0 Å². The Morgan fingerprint density at radius 2 is 1.89 bits per heavy atom. The molecule has 0 aromatic heterocycles. The summed E-state index contributed by atoms with van der Waals surface area (Å²) in [7, 11) is -4.46. The maximum absolute atomic E-state index is 12.9. The highest BCUT2D eigenvalue weighted by atomic mass is 32.2. The van der Waals surface area contributed by atoms with Gasteiger partial charge in [0, 0.05) is 6.26 Å². The van der Waals surface area contributed by atoms with Gasteiger partial charge in [-0.15, -0.1) is 0 Å². The normalized spacial score (nSPS) is 14.7. The summed E-state index contributed by atoms with van der Waals surface area (Å²) in [5, 5.41) is 5.53. The number of aliphatic hydroxyl groups excluding tert-OH is 1. The highest BCUT2D eigenvalue weighted by molar-refractivity contribution is 7.91. The van der Waals surface area contributed by atoms with E-state index in [0.29, 0.717) is 12.7 Å². The van der Waals surface area contributed by atoms with Crippen LogP contribution in [0, 0.1) is 0 Å². The molecule has 0 aliphatic heterocycles. The van der Waals surface area contributed by atoms with Crippen molar-refractivity contribution in [2.24, 2.45) is 0 Å². The van der Waals surface area contributed by atoms with Gasteiger partial charge in [0.05, 0.1) is 12.7 Å². The third-order valence-corrected chi connectivity index (χ3v) is 3.72. The van der Waals surface area contributed by atoms with E-state index in [-0.39, 0.29) is 6.61 Å². The molecule has 18 heavy (non-hydrogen) atoms. The predicted octanol–water partition coefficient (Wildman–Crippen LogP) is 1.97. The molecule has 0 heterocycles. The first kappa shape index (κ1) is 17.7. The summed E-state index contributed by atoms with van der Waals surface area (Å²) in [6.07, 6.45) is 4.04. The fourth-order valence-corrected chi connectivity index (χ4v) is 1.61. The third-order valence-electron chi connectivity index (χ3n) is 2.51. The van der Waals surface area contributed by atoms with E-state index >= 15 is 0 Å². The molecule has 1 unspecified atom stereocenters. The molecule has 0 amide bonds. The fourth-order valence-electron chi connectivity index (χ4n) is 1.31. The van der Waals surface area contributed by atoms with Crippen molar-refractivity contribution >= 4 is 9.84 Å². The average Bonchev–Trinajstić information content (AvgIpc) is 2.22. The van der Waals surface area contributed by atoms with Crippen molar-refractivity contribution in [2.45, 2.75) is 50.4 Å². The summed E-state index contributed by atoms with van der Waals surface area (Å²) in [5.41, 5.74) is 0. The van der Waals surface area contributed by atoms with Crippen molar-refractivity contribution < 1.29 is 27.0 Å². The average molecular weight is 288 g/mol. The lowest BCUT2D eigenvalue weighted by molar-refractivity contribution is -0.0432. The van der Waals surface area contributed by atoms with Crippen molar-refractivity contribution in [3.63, 3.8) is 0 Å². The van der Waals surface area contributed by atoms with E-state index in [1.54, 1.807) is 0 Å². The van der Waals surface area contributed by atoms with Crippen LogP contribution in [0.15, 0.2) is 0 Å². The number of ether oxygens (including phenoxy) is 1. The molecule has 7 heteroatoms. The standard InChI is InChI=1S/C11H22F2O4S/c1-3-4-5-6-7-10(14)8-17-9-11(12,13)18(2,15)16/h10,14H,3-9H2,1-2H3. The first-order valence-electron chi connectivity index (χ1n) is 6.04. The van der Waals surface area contributed by atoms with Gasteiger partial charge in [-0.05, 0) is 6.42 Å². The highest BCUT2D eigenvalue weighted by Gasteiger charge is 2.41. The number of unbranched alkanes of at least 4 members (excludes halogenated alkanes) is 3. The van der Waals surface area contributed by atoms with Gasteiger partial charge in [-0.2, -0.15) is 8.78 Å². The molecule has 0 aliphatic carbocycles. The Balaban J connectivity index is 3.78. The molecular weight excluding hydrogens is 266 g/mol. The van der Waals surface area contributed by atoms with Gasteiger partial charge in [0.2, 0.25) is 9.84 Å². The van der Waals surface area contributed by atoms with Crippen LogP contribution in [0.1, 0.15) is 39.0 Å². The molecule has 0 saturated carbocycles. The number of rotatable bonds is 10. The van der Waals surface area contributed by atoms with Gasteiger partial charge in [-0.3, -0.25) is 0 Å². The van der Waals surface area contributed by atoms with Crippen LogP contribution >= 0.6 is 0 Å². The van der Waals surface area contributed by atoms with Crippen LogP contribution in [0.5, 0.6) is 0 Å². The molecule has 1 N–H and O–H groups in total. The van der Waals surface area contributed by atoms with E-state index in [9.17, 15) is 22.3 Å². The van der Waals surface area contributed by atoms with E-state index in [4.69, 9.17) is 0 Å². The van der Waals surface area contributed by atoms with Crippen molar-refractivity contribution in [2.75, 3.05) is 19.5 Å². The van der Waals surface area contributed by atoms with Crippen molar-refractivity contribution in [1.82, 2.24) is 0 Å². The van der Waals surface area contributed by atoms with Crippen LogP contribution < -0.4 is 0 Å². The van der Waals surface area contributed by atoms with Crippen LogP contribution in [0.2, 0.25) is 0 Å². The van der Waals surface area contributed by atoms with Gasteiger partial charge in [-0.25, -0.2) is 8.42 Å². The van der Waals surface area contributed by atoms with Crippen LogP contribution in [0.4, 0.5) is 8.78 Å². The largest absolute Gasteiger partial charge is 0.391 e. The maximum atomic E-state index is 12.9. The van der Waals surface area contributed by atoms with E-state index < -0.39 is 27.8 Å². The van der Waals surface area contributed by atoms with Gasteiger partial charge >= 0.3 is 5.25 Å². The van der Waals surface area contributed by atoms with Gasteiger partial charge in [0.25, 0.3) is 0 Å². The topological polar surface area (TPSA) is 63.6 Å². The lowest BCUT2D eigenvalue weighted by atomic mass is 10.1. The zero-order valence-corrected chi connectivity index (χ0v) is 11.7. The second-order valence-electron chi connectivity index (χ2n) is 4.43. The summed E-state index contributed by atoms with van der Waals surface area (Å²) in [4.78, 5) is 0. The van der Waals surface area contributed by atoms with Crippen molar-refractivity contribution in [1.29, 1.82) is 0 Å². The summed E-state index contributed by atoms with van der Waals surface area (Å²) in [6.45, 7) is 0.585. The number of hydrogen-bond donors (Lipinski definition) is 1. The van der Waals surface area contributed by atoms with E-state index in [1.165, 1.54) is 0 Å². The van der Waals surface area contributed by atoms with E-state index in [2.05, 4.69) is 11.7 Å². The minimum absolute atomic E-state index is 0.267. The molecule has 0 spiro atoms. The molecule has 1 atom stereocenters. The Morgan fingerprint density at radius 1 is 1.28 bits per heavy atom. The summed E-state index contributed by atoms with van der Waals surface area (Å²) >= 11 is 0. The van der Waals surface area contributed by atoms with Crippen molar-refractivity contribution in [3.8, 4) is 0 Å². The fraction of sp³-hybridized carbons (Fsp3) is 1.00. The van der Waals surface area contributed by atoms with E-state index in [0.717, 1.165) is 25.7 Å². The molecule has 110 valence electrons. The molecule has 4 nitrogen and oxygen atoms in total. The highest BCUT2D eigenvalue weighted by Crippen LogP contribution is 2.21. The maximum Gasteiger partial charge on any atom is 0.367 e. The van der Waals surface area contributed by atoms with Gasteiger partial charge in [-0.1, -0.05) is 32.6 Å².